The maximum atomic E-state index is 12.4. The van der Waals surface area contributed by atoms with Gasteiger partial charge in [0.2, 0.25) is 5.89 Å². The maximum absolute atomic E-state index is 12.4. The van der Waals surface area contributed by atoms with Crippen molar-refractivity contribution >= 4 is 22.7 Å². The number of fused-ring (bicyclic) bond motifs is 1. The lowest BCUT2D eigenvalue weighted by Crippen LogP contribution is -2.24. The van der Waals surface area contributed by atoms with Crippen molar-refractivity contribution in [3.63, 3.8) is 0 Å². The number of anilines is 1. The van der Waals surface area contributed by atoms with Gasteiger partial charge in [0, 0.05) is 30.9 Å². The molecule has 0 radical (unpaired) electrons. The van der Waals surface area contributed by atoms with Crippen molar-refractivity contribution in [1.29, 1.82) is 0 Å². The zero-order chi connectivity index (χ0) is 21.2. The van der Waals surface area contributed by atoms with Crippen LogP contribution in [-0.2, 0) is 10.4 Å². The fourth-order valence-electron chi connectivity index (χ4n) is 2.99. The van der Waals surface area contributed by atoms with Gasteiger partial charge in [-0.05, 0) is 50.3 Å². The Morgan fingerprint density at radius 2 is 1.90 bits per heavy atom. The molecule has 0 spiro atoms. The van der Waals surface area contributed by atoms with E-state index in [1.54, 1.807) is 57.1 Å². The highest BCUT2D eigenvalue weighted by Gasteiger charge is 2.22. The molecule has 150 valence electrons. The van der Waals surface area contributed by atoms with Crippen LogP contribution in [0.25, 0.3) is 22.6 Å². The second-order valence-corrected chi connectivity index (χ2v) is 7.45. The smallest absolute Gasteiger partial charge is 0.271 e. The standard InChI is InChI=1S/C23H25N3O3/c1-6-8-19(26(4)5)21(27)24-16-13-11-15(12-14-16)22-25-18-10-7-9-17(20(18)29-22)23(2,3)28/h6-14,28H,1H2,2-5H3,(H,24,27)/b19-8-. The Labute approximate surface area is 170 Å². The zero-order valence-corrected chi connectivity index (χ0v) is 17.1. The van der Waals surface area contributed by atoms with Crippen LogP contribution in [0.15, 0.2) is 71.3 Å². The Kier molecular flexibility index (Phi) is 5.57. The number of nitrogens with zero attached hydrogens (tertiary/aromatic N) is 2. The number of hydrogen-bond acceptors (Lipinski definition) is 5. The highest BCUT2D eigenvalue weighted by molar-refractivity contribution is 6.03. The number of carbonyl (C=O) groups is 1. The summed E-state index contributed by atoms with van der Waals surface area (Å²) >= 11 is 0. The Balaban J connectivity index is 1.86. The summed E-state index contributed by atoms with van der Waals surface area (Å²) in [6, 6.07) is 12.8. The summed E-state index contributed by atoms with van der Waals surface area (Å²) in [7, 11) is 3.60. The number of oxazole rings is 1. The predicted molar refractivity (Wildman–Crippen MR) is 115 cm³/mol. The molecule has 29 heavy (non-hydrogen) atoms. The number of benzene rings is 2. The summed E-state index contributed by atoms with van der Waals surface area (Å²) in [5, 5.41) is 13.2. The number of amides is 1. The Hall–Kier alpha value is -3.38. The molecule has 0 aliphatic heterocycles. The lowest BCUT2D eigenvalue weighted by molar-refractivity contribution is -0.114. The summed E-state index contributed by atoms with van der Waals surface area (Å²) in [6.45, 7) is 7.07. The monoisotopic (exact) mass is 391 g/mol. The lowest BCUT2D eigenvalue weighted by Gasteiger charge is -2.17. The number of aromatic nitrogens is 1. The van der Waals surface area contributed by atoms with E-state index >= 15 is 0 Å². The van der Waals surface area contributed by atoms with Gasteiger partial charge in [-0.2, -0.15) is 0 Å². The summed E-state index contributed by atoms with van der Waals surface area (Å²) < 4.78 is 5.95. The van der Waals surface area contributed by atoms with E-state index in [-0.39, 0.29) is 5.91 Å². The van der Waals surface area contributed by atoms with E-state index in [1.165, 1.54) is 0 Å². The molecular weight excluding hydrogens is 366 g/mol. The van der Waals surface area contributed by atoms with Crippen molar-refractivity contribution in [3.8, 4) is 11.5 Å². The van der Waals surface area contributed by atoms with Gasteiger partial charge in [0.1, 0.15) is 11.2 Å². The van der Waals surface area contributed by atoms with Crippen molar-refractivity contribution in [3.05, 3.63) is 72.5 Å². The second-order valence-electron chi connectivity index (χ2n) is 7.45. The van der Waals surface area contributed by atoms with Crippen LogP contribution in [0.3, 0.4) is 0 Å². The summed E-state index contributed by atoms with van der Waals surface area (Å²) in [5.41, 5.74) is 2.83. The Morgan fingerprint density at radius 1 is 1.21 bits per heavy atom. The molecule has 3 aromatic rings. The molecular formula is C23H25N3O3. The molecule has 2 aromatic carbocycles. The molecule has 2 N–H and O–H groups in total. The molecule has 0 aliphatic carbocycles. The van der Waals surface area contributed by atoms with Crippen molar-refractivity contribution in [2.45, 2.75) is 19.4 Å². The lowest BCUT2D eigenvalue weighted by atomic mass is 9.98. The highest BCUT2D eigenvalue weighted by atomic mass is 16.4. The third-order valence-electron chi connectivity index (χ3n) is 4.45. The highest BCUT2D eigenvalue weighted by Crippen LogP contribution is 2.32. The predicted octanol–water partition coefficient (Wildman–Crippen LogP) is 4.29. The molecule has 1 amide bonds. The number of para-hydroxylation sites is 1. The largest absolute Gasteiger partial charge is 0.436 e. The van der Waals surface area contributed by atoms with Gasteiger partial charge in [-0.1, -0.05) is 24.8 Å². The Morgan fingerprint density at radius 3 is 2.48 bits per heavy atom. The third-order valence-corrected chi connectivity index (χ3v) is 4.45. The van der Waals surface area contributed by atoms with Crippen LogP contribution < -0.4 is 5.32 Å². The number of rotatable bonds is 6. The van der Waals surface area contributed by atoms with Crippen LogP contribution in [0.4, 0.5) is 5.69 Å². The van der Waals surface area contributed by atoms with Crippen LogP contribution in [-0.4, -0.2) is 35.0 Å². The minimum absolute atomic E-state index is 0.223. The van der Waals surface area contributed by atoms with Gasteiger partial charge >= 0.3 is 0 Å². The molecule has 0 atom stereocenters. The first kappa shape index (κ1) is 20.4. The van der Waals surface area contributed by atoms with Crippen molar-refractivity contribution in [2.75, 3.05) is 19.4 Å². The van der Waals surface area contributed by atoms with E-state index in [4.69, 9.17) is 4.42 Å². The van der Waals surface area contributed by atoms with E-state index in [2.05, 4.69) is 16.9 Å². The molecule has 1 aromatic heterocycles. The number of likely N-dealkylation sites (N-methyl/N-ethyl adjacent to an activating group) is 1. The topological polar surface area (TPSA) is 78.6 Å². The molecule has 0 aliphatic rings. The van der Waals surface area contributed by atoms with E-state index < -0.39 is 5.60 Å². The van der Waals surface area contributed by atoms with Gasteiger partial charge in [-0.25, -0.2) is 4.98 Å². The van der Waals surface area contributed by atoms with Crippen molar-refractivity contribution in [1.82, 2.24) is 9.88 Å². The molecule has 1 heterocycles. The maximum Gasteiger partial charge on any atom is 0.271 e. The van der Waals surface area contributed by atoms with E-state index in [0.717, 1.165) is 5.56 Å². The average molecular weight is 391 g/mol. The number of nitrogens with one attached hydrogen (secondary N) is 1. The third kappa shape index (κ3) is 4.38. The van der Waals surface area contributed by atoms with Gasteiger partial charge in [0.05, 0.1) is 5.60 Å². The van der Waals surface area contributed by atoms with Gasteiger partial charge < -0.3 is 19.7 Å². The van der Waals surface area contributed by atoms with E-state index in [9.17, 15) is 9.90 Å². The van der Waals surface area contributed by atoms with Crippen LogP contribution in [0, 0.1) is 0 Å². The Bertz CT molecular complexity index is 1070. The number of hydrogen-bond donors (Lipinski definition) is 2. The molecule has 0 saturated carbocycles. The minimum Gasteiger partial charge on any atom is -0.436 e. The first-order valence-corrected chi connectivity index (χ1v) is 9.25. The molecule has 0 saturated heterocycles. The number of allylic oxidation sites excluding steroid dienone is 2. The van der Waals surface area contributed by atoms with Gasteiger partial charge in [-0.15, -0.1) is 0 Å². The number of aliphatic hydroxyl groups is 1. The first-order chi connectivity index (χ1) is 13.7. The van der Waals surface area contributed by atoms with Gasteiger partial charge in [0.15, 0.2) is 5.58 Å². The van der Waals surface area contributed by atoms with Crippen LogP contribution >= 0.6 is 0 Å². The van der Waals surface area contributed by atoms with Crippen molar-refractivity contribution in [2.24, 2.45) is 0 Å². The van der Waals surface area contributed by atoms with Crippen LogP contribution in [0.1, 0.15) is 19.4 Å². The fraction of sp³-hybridized carbons (Fsp3) is 0.217. The van der Waals surface area contributed by atoms with Gasteiger partial charge in [-0.3, -0.25) is 4.79 Å². The molecule has 6 heteroatoms. The minimum atomic E-state index is -1.03. The number of carbonyl (C=O) groups excluding carboxylic acids is 1. The van der Waals surface area contributed by atoms with E-state index in [1.807, 2.05) is 30.3 Å². The SMILES string of the molecule is C=C/C=C(/C(=O)Nc1ccc(-c2nc3cccc(C(C)(C)O)c3o2)cc1)N(C)C. The zero-order valence-electron chi connectivity index (χ0n) is 17.1. The molecule has 6 nitrogen and oxygen atoms in total. The quantitative estimate of drug-likeness (QED) is 0.484. The van der Waals surface area contributed by atoms with Gasteiger partial charge in [0.25, 0.3) is 5.91 Å². The first-order valence-electron chi connectivity index (χ1n) is 9.25. The van der Waals surface area contributed by atoms with Crippen LogP contribution in [0.5, 0.6) is 0 Å². The summed E-state index contributed by atoms with van der Waals surface area (Å²) in [6.07, 6.45) is 3.23. The normalized spacial score (nSPS) is 12.1. The molecule has 0 unspecified atom stereocenters. The summed E-state index contributed by atoms with van der Waals surface area (Å²) in [4.78, 5) is 18.7. The average Bonchev–Trinajstić information content (AvgIpc) is 3.09. The van der Waals surface area contributed by atoms with E-state index in [0.29, 0.717) is 33.9 Å². The molecule has 3 rings (SSSR count). The van der Waals surface area contributed by atoms with Crippen LogP contribution in [0.2, 0.25) is 0 Å². The summed E-state index contributed by atoms with van der Waals surface area (Å²) in [5.74, 6) is 0.231. The molecule has 0 fully saturated rings. The second kappa shape index (κ2) is 7.93. The van der Waals surface area contributed by atoms with Crippen molar-refractivity contribution < 1.29 is 14.3 Å². The molecule has 0 bridgehead atoms. The fourth-order valence-corrected chi connectivity index (χ4v) is 2.99.